The molecule has 2 amide bonds. The molecule has 3 heterocycles. The number of ether oxygens (including phenoxy) is 2. The first-order valence-electron chi connectivity index (χ1n) is 11.6. The molecule has 5 aliphatic rings. The van der Waals surface area contributed by atoms with E-state index in [0.29, 0.717) is 13.0 Å². The van der Waals surface area contributed by atoms with E-state index in [2.05, 4.69) is 5.32 Å². The molecule has 3 aliphatic heterocycles. The van der Waals surface area contributed by atoms with Crippen LogP contribution in [0.15, 0.2) is 54.6 Å². The number of hydrogen-bond donors (Lipinski definition) is 2. The number of rotatable bonds is 4. The van der Waals surface area contributed by atoms with Crippen LogP contribution in [0, 0.1) is 23.2 Å². The van der Waals surface area contributed by atoms with Gasteiger partial charge in [-0.25, -0.2) is 0 Å². The zero-order chi connectivity index (χ0) is 22.5. The minimum absolute atomic E-state index is 0.0240. The Morgan fingerprint density at radius 3 is 2.73 bits per heavy atom. The number of amides is 2. The van der Waals surface area contributed by atoms with Crippen LogP contribution >= 0.6 is 0 Å². The van der Waals surface area contributed by atoms with Crippen molar-refractivity contribution in [3.8, 4) is 0 Å². The molecule has 170 valence electrons. The summed E-state index contributed by atoms with van der Waals surface area (Å²) < 4.78 is 12.4. The first-order valence-corrected chi connectivity index (χ1v) is 11.6. The second-order valence-corrected chi connectivity index (χ2v) is 10.2. The van der Waals surface area contributed by atoms with Crippen LogP contribution in [0.5, 0.6) is 0 Å². The fraction of sp³-hybridized carbons (Fsp3) is 0.462. The third kappa shape index (κ3) is 2.12. The van der Waals surface area contributed by atoms with Gasteiger partial charge >= 0.3 is 0 Å². The Balaban J connectivity index is 1.38. The average Bonchev–Trinajstić information content (AvgIpc) is 3.28. The van der Waals surface area contributed by atoms with Gasteiger partial charge in [0.15, 0.2) is 6.29 Å². The number of benzene rings is 2. The monoisotopic (exact) mass is 446 g/mol. The summed E-state index contributed by atoms with van der Waals surface area (Å²) in [5.74, 6) is -0.739. The summed E-state index contributed by atoms with van der Waals surface area (Å²) in [5, 5.41) is 14.1. The molecule has 1 unspecified atom stereocenters. The number of aliphatic hydroxyl groups excluding tert-OH is 1. The van der Waals surface area contributed by atoms with E-state index < -0.39 is 23.2 Å². The van der Waals surface area contributed by atoms with Gasteiger partial charge in [-0.15, -0.1) is 0 Å². The summed E-state index contributed by atoms with van der Waals surface area (Å²) >= 11 is 0. The lowest BCUT2D eigenvalue weighted by Crippen LogP contribution is -2.66. The van der Waals surface area contributed by atoms with E-state index in [9.17, 15) is 14.7 Å². The third-order valence-electron chi connectivity index (χ3n) is 9.13. The number of anilines is 1. The van der Waals surface area contributed by atoms with E-state index in [1.165, 1.54) is 0 Å². The normalized spacial score (nSPS) is 41.7. The molecular weight excluding hydrogens is 420 g/mol. The van der Waals surface area contributed by atoms with Gasteiger partial charge in [0.25, 0.3) is 0 Å². The molecule has 7 rings (SSSR count). The van der Waals surface area contributed by atoms with Crippen LogP contribution in [0.25, 0.3) is 0 Å². The maximum absolute atomic E-state index is 13.9. The Labute approximate surface area is 191 Å². The van der Waals surface area contributed by atoms with Gasteiger partial charge in [0.2, 0.25) is 11.8 Å². The van der Waals surface area contributed by atoms with Crippen LogP contribution in [0.2, 0.25) is 0 Å². The lowest BCUT2D eigenvalue weighted by molar-refractivity contribution is -0.252. The predicted octanol–water partition coefficient (Wildman–Crippen LogP) is 1.90. The van der Waals surface area contributed by atoms with Crippen molar-refractivity contribution < 1.29 is 24.2 Å². The highest BCUT2D eigenvalue weighted by Crippen LogP contribution is 2.74. The topological polar surface area (TPSA) is 88.1 Å². The highest BCUT2D eigenvalue weighted by atomic mass is 16.6. The van der Waals surface area contributed by atoms with Gasteiger partial charge in [0.1, 0.15) is 5.41 Å². The minimum Gasteiger partial charge on any atom is -0.376 e. The smallest absolute Gasteiger partial charge is 0.238 e. The Kier molecular flexibility index (Phi) is 3.84. The number of fused-ring (bicyclic) bond motifs is 5. The maximum atomic E-state index is 13.9. The minimum atomic E-state index is -1.03. The third-order valence-corrected chi connectivity index (χ3v) is 9.13. The van der Waals surface area contributed by atoms with Gasteiger partial charge in [0, 0.05) is 30.6 Å². The van der Waals surface area contributed by atoms with E-state index in [1.54, 1.807) is 11.9 Å². The van der Waals surface area contributed by atoms with Gasteiger partial charge in [-0.3, -0.25) is 9.59 Å². The van der Waals surface area contributed by atoms with Crippen molar-refractivity contribution in [2.75, 3.05) is 19.0 Å². The van der Waals surface area contributed by atoms with Crippen molar-refractivity contribution in [2.45, 2.75) is 36.9 Å². The fourth-order valence-electron chi connectivity index (χ4n) is 8.13. The molecule has 0 radical (unpaired) electrons. The Bertz CT molecular complexity index is 1170. The average molecular weight is 447 g/mol. The molecule has 7 nitrogen and oxygen atoms in total. The van der Waals surface area contributed by atoms with Crippen molar-refractivity contribution in [3.05, 3.63) is 65.7 Å². The lowest BCUT2D eigenvalue weighted by atomic mass is 9.51. The van der Waals surface area contributed by atoms with E-state index in [-0.39, 0.29) is 42.2 Å². The number of piperidine rings is 1. The van der Waals surface area contributed by atoms with Gasteiger partial charge in [-0.05, 0) is 29.5 Å². The molecule has 7 heteroatoms. The number of carbonyl (C=O) groups is 2. The number of nitrogens with zero attached hydrogens (tertiary/aromatic N) is 1. The van der Waals surface area contributed by atoms with Crippen LogP contribution in [0.3, 0.4) is 0 Å². The predicted molar refractivity (Wildman–Crippen MR) is 118 cm³/mol. The summed E-state index contributed by atoms with van der Waals surface area (Å²) in [7, 11) is 1.80. The fourth-order valence-corrected chi connectivity index (χ4v) is 8.13. The summed E-state index contributed by atoms with van der Waals surface area (Å²) in [5.41, 5.74) is 0.786. The lowest BCUT2D eigenvalue weighted by Gasteiger charge is -2.55. The largest absolute Gasteiger partial charge is 0.376 e. The van der Waals surface area contributed by atoms with E-state index in [1.807, 2.05) is 54.6 Å². The highest BCUT2D eigenvalue weighted by molar-refractivity contribution is 6.09. The van der Waals surface area contributed by atoms with Gasteiger partial charge in [0.05, 0.1) is 24.7 Å². The molecule has 2 N–H and O–H groups in total. The van der Waals surface area contributed by atoms with E-state index >= 15 is 0 Å². The summed E-state index contributed by atoms with van der Waals surface area (Å²) in [6, 6.07) is 17.3. The number of carbonyl (C=O) groups excluding carboxylic acids is 2. The molecule has 5 bridgehead atoms. The van der Waals surface area contributed by atoms with Crippen LogP contribution in [-0.2, 0) is 31.1 Å². The molecule has 33 heavy (non-hydrogen) atoms. The SMILES string of the molecule is CN1C(=O)[C@@]2(COCc3ccccc3)[C@H]3[C@@H]1[C@@H]1C(O)O[C@@H](C[C@@H]12)[C@@]31C(=O)Nc2ccccc21. The van der Waals surface area contributed by atoms with Gasteiger partial charge in [-0.2, -0.15) is 0 Å². The van der Waals surface area contributed by atoms with Gasteiger partial charge < -0.3 is 24.8 Å². The van der Waals surface area contributed by atoms with Crippen LogP contribution in [0.4, 0.5) is 5.69 Å². The molecule has 8 atom stereocenters. The Morgan fingerprint density at radius 1 is 1.15 bits per heavy atom. The number of nitrogens with one attached hydrogen (secondary N) is 1. The summed E-state index contributed by atoms with van der Waals surface area (Å²) in [6.45, 7) is 0.622. The van der Waals surface area contributed by atoms with Crippen molar-refractivity contribution in [1.29, 1.82) is 0 Å². The molecular formula is C26H26N2O5. The molecule has 2 aliphatic carbocycles. The molecule has 2 saturated carbocycles. The van der Waals surface area contributed by atoms with Crippen LogP contribution < -0.4 is 5.32 Å². The first-order chi connectivity index (χ1) is 16.0. The van der Waals surface area contributed by atoms with Crippen molar-refractivity contribution >= 4 is 17.5 Å². The zero-order valence-electron chi connectivity index (χ0n) is 18.3. The highest BCUT2D eigenvalue weighted by Gasteiger charge is 2.85. The number of likely N-dealkylation sites (tertiary alicyclic amines) is 1. The quantitative estimate of drug-likeness (QED) is 0.749. The zero-order valence-corrected chi connectivity index (χ0v) is 18.3. The van der Waals surface area contributed by atoms with Crippen LogP contribution in [0.1, 0.15) is 17.5 Å². The summed E-state index contributed by atoms with van der Waals surface area (Å²) in [4.78, 5) is 29.5. The molecule has 2 aromatic carbocycles. The van der Waals surface area contributed by atoms with Crippen molar-refractivity contribution in [1.82, 2.24) is 4.90 Å². The van der Waals surface area contributed by atoms with E-state index in [0.717, 1.165) is 16.8 Å². The second kappa shape index (κ2) is 6.44. The van der Waals surface area contributed by atoms with Crippen molar-refractivity contribution in [3.63, 3.8) is 0 Å². The molecule has 4 fully saturated rings. The van der Waals surface area contributed by atoms with E-state index in [4.69, 9.17) is 9.47 Å². The first kappa shape index (κ1) is 19.7. The molecule has 2 aromatic rings. The number of aliphatic hydroxyl groups is 1. The van der Waals surface area contributed by atoms with Gasteiger partial charge in [-0.1, -0.05) is 48.5 Å². The second-order valence-electron chi connectivity index (χ2n) is 10.2. The molecule has 2 saturated heterocycles. The molecule has 1 spiro atoms. The standard InChI is InChI=1S/C26H26N2O5/c1-28-20-19-16-11-18(33-22(19)29)26(15-9-5-6-10-17(15)27-23(26)30)21(20)25(16,24(28)31)13-32-12-14-7-3-2-4-8-14/h2-10,16,18-22,29H,11-13H2,1H3,(H,27,30)/t16-,18-,19+,20-,21+,22?,25+,26+/m0/s1. The van der Waals surface area contributed by atoms with Crippen LogP contribution in [-0.4, -0.2) is 53.9 Å². The maximum Gasteiger partial charge on any atom is 0.238 e. The van der Waals surface area contributed by atoms with Crippen molar-refractivity contribution in [2.24, 2.45) is 23.2 Å². The Hall–Kier alpha value is -2.74. The number of para-hydroxylation sites is 1. The number of hydrogen-bond acceptors (Lipinski definition) is 5. The summed E-state index contributed by atoms with van der Waals surface area (Å²) in [6.07, 6.45) is -0.924. The Morgan fingerprint density at radius 2 is 1.91 bits per heavy atom. The molecule has 0 aromatic heterocycles.